The monoisotopic (exact) mass is 311 g/mol. The molecule has 0 bridgehead atoms. The Hall–Kier alpha value is -2.28. The summed E-state index contributed by atoms with van der Waals surface area (Å²) in [5.41, 5.74) is -0.176. The van der Waals surface area contributed by atoms with Gasteiger partial charge in [0.15, 0.2) is 6.61 Å². The molecule has 7 heteroatoms. The zero-order valence-corrected chi connectivity index (χ0v) is 11.8. The molecule has 1 aromatic carbocycles. The summed E-state index contributed by atoms with van der Waals surface area (Å²) in [5.74, 6) is -2.97. The summed E-state index contributed by atoms with van der Waals surface area (Å²) in [6.45, 7) is 1.29. The lowest BCUT2D eigenvalue weighted by Crippen LogP contribution is -2.21. The molecule has 1 N–H and O–H groups in total. The van der Waals surface area contributed by atoms with E-state index in [1.807, 2.05) is 6.92 Å². The van der Waals surface area contributed by atoms with Crippen LogP contribution in [-0.2, 0) is 9.53 Å². The highest BCUT2D eigenvalue weighted by Gasteiger charge is 2.13. The molecule has 1 aromatic heterocycles. The van der Waals surface area contributed by atoms with E-state index in [0.717, 1.165) is 17.0 Å². The fourth-order valence-electron chi connectivity index (χ4n) is 1.52. The first kappa shape index (κ1) is 15.1. The average molecular weight is 311 g/mol. The van der Waals surface area contributed by atoms with Crippen molar-refractivity contribution >= 4 is 28.9 Å². The van der Waals surface area contributed by atoms with Crippen LogP contribution in [0.4, 0.5) is 14.5 Å². The molecule has 1 amide bonds. The highest BCUT2D eigenvalue weighted by atomic mass is 32.1. The lowest BCUT2D eigenvalue weighted by atomic mass is 10.3. The van der Waals surface area contributed by atoms with E-state index in [-0.39, 0.29) is 5.69 Å². The molecule has 21 heavy (non-hydrogen) atoms. The van der Waals surface area contributed by atoms with E-state index < -0.39 is 30.1 Å². The predicted molar refractivity (Wildman–Crippen MR) is 74.3 cm³/mol. The van der Waals surface area contributed by atoms with Crippen LogP contribution in [0.1, 0.15) is 14.5 Å². The molecule has 0 aliphatic heterocycles. The fourth-order valence-corrected chi connectivity index (χ4v) is 2.28. The Morgan fingerprint density at radius 2 is 2.00 bits per heavy atom. The molecular formula is C14H11F2NO3S. The molecule has 0 spiro atoms. The van der Waals surface area contributed by atoms with Crippen molar-refractivity contribution in [1.29, 1.82) is 0 Å². The Labute approximate surface area is 123 Å². The van der Waals surface area contributed by atoms with Crippen molar-refractivity contribution in [3.63, 3.8) is 0 Å². The highest BCUT2D eigenvalue weighted by molar-refractivity contribution is 7.13. The Morgan fingerprint density at radius 3 is 2.62 bits per heavy atom. The van der Waals surface area contributed by atoms with Gasteiger partial charge in [-0.05, 0) is 31.2 Å². The van der Waals surface area contributed by atoms with Crippen LogP contribution in [0.5, 0.6) is 0 Å². The van der Waals surface area contributed by atoms with Crippen LogP contribution in [0.3, 0.4) is 0 Å². The van der Waals surface area contributed by atoms with Crippen molar-refractivity contribution < 1.29 is 23.1 Å². The number of benzene rings is 1. The van der Waals surface area contributed by atoms with Crippen LogP contribution < -0.4 is 5.32 Å². The number of aryl methyl sites for hydroxylation is 1. The molecule has 0 unspecified atom stereocenters. The number of hydrogen-bond acceptors (Lipinski definition) is 4. The number of carbonyl (C=O) groups is 2. The number of hydrogen-bond donors (Lipinski definition) is 1. The van der Waals surface area contributed by atoms with E-state index in [1.54, 1.807) is 12.1 Å². The van der Waals surface area contributed by atoms with E-state index >= 15 is 0 Å². The van der Waals surface area contributed by atoms with Crippen LogP contribution in [0.25, 0.3) is 0 Å². The zero-order chi connectivity index (χ0) is 15.4. The SMILES string of the molecule is Cc1ccc(C(=O)OCC(=O)Nc2ccc(F)cc2F)s1. The van der Waals surface area contributed by atoms with Gasteiger partial charge in [0.1, 0.15) is 16.5 Å². The van der Waals surface area contributed by atoms with E-state index in [2.05, 4.69) is 5.32 Å². The molecule has 1 heterocycles. The van der Waals surface area contributed by atoms with Crippen LogP contribution in [0.15, 0.2) is 30.3 Å². The molecule has 0 atom stereocenters. The fraction of sp³-hybridized carbons (Fsp3) is 0.143. The van der Waals surface area contributed by atoms with E-state index in [1.165, 1.54) is 11.3 Å². The minimum Gasteiger partial charge on any atom is -0.451 e. The van der Waals surface area contributed by atoms with Gasteiger partial charge in [0.25, 0.3) is 5.91 Å². The van der Waals surface area contributed by atoms with Gasteiger partial charge in [-0.25, -0.2) is 13.6 Å². The topological polar surface area (TPSA) is 55.4 Å². The van der Waals surface area contributed by atoms with Gasteiger partial charge in [-0.3, -0.25) is 4.79 Å². The third-order valence-electron chi connectivity index (χ3n) is 2.48. The van der Waals surface area contributed by atoms with Gasteiger partial charge in [0.2, 0.25) is 0 Å². The Balaban J connectivity index is 1.89. The number of ether oxygens (including phenoxy) is 1. The molecule has 0 fully saturated rings. The summed E-state index contributed by atoms with van der Waals surface area (Å²) in [6, 6.07) is 6.11. The number of amides is 1. The average Bonchev–Trinajstić information content (AvgIpc) is 2.86. The minimum absolute atomic E-state index is 0.176. The maximum absolute atomic E-state index is 13.3. The molecular weight excluding hydrogens is 300 g/mol. The van der Waals surface area contributed by atoms with Crippen LogP contribution in [0, 0.1) is 18.6 Å². The number of thiophene rings is 1. The quantitative estimate of drug-likeness (QED) is 0.883. The standard InChI is InChI=1S/C14H11F2NO3S/c1-8-2-5-12(21-8)14(19)20-7-13(18)17-11-4-3-9(15)6-10(11)16/h2-6H,7H2,1H3,(H,17,18). The number of halogens is 2. The molecule has 0 saturated heterocycles. The van der Waals surface area contributed by atoms with Gasteiger partial charge in [-0.2, -0.15) is 0 Å². The largest absolute Gasteiger partial charge is 0.451 e. The molecule has 0 saturated carbocycles. The third kappa shape index (κ3) is 4.09. The maximum Gasteiger partial charge on any atom is 0.348 e. The van der Waals surface area contributed by atoms with E-state index in [9.17, 15) is 18.4 Å². The van der Waals surface area contributed by atoms with E-state index in [4.69, 9.17) is 4.74 Å². The lowest BCUT2D eigenvalue weighted by molar-refractivity contribution is -0.119. The Kier molecular flexibility index (Phi) is 4.64. The normalized spacial score (nSPS) is 10.2. The van der Waals surface area contributed by atoms with Gasteiger partial charge in [-0.15, -0.1) is 11.3 Å². The first-order valence-corrected chi connectivity index (χ1v) is 6.76. The molecule has 0 aliphatic carbocycles. The predicted octanol–water partition coefficient (Wildman–Crippen LogP) is 3.13. The van der Waals surface area contributed by atoms with Crippen molar-refractivity contribution in [1.82, 2.24) is 0 Å². The third-order valence-corrected chi connectivity index (χ3v) is 3.46. The van der Waals surface area contributed by atoms with Gasteiger partial charge in [0.05, 0.1) is 5.69 Å². The number of anilines is 1. The first-order valence-electron chi connectivity index (χ1n) is 5.94. The molecule has 2 rings (SSSR count). The van der Waals surface area contributed by atoms with Gasteiger partial charge >= 0.3 is 5.97 Å². The smallest absolute Gasteiger partial charge is 0.348 e. The molecule has 0 aliphatic rings. The highest BCUT2D eigenvalue weighted by Crippen LogP contribution is 2.17. The van der Waals surface area contributed by atoms with E-state index in [0.29, 0.717) is 10.9 Å². The number of esters is 1. The van der Waals surface area contributed by atoms with Crippen molar-refractivity contribution in [2.45, 2.75) is 6.92 Å². The first-order chi connectivity index (χ1) is 9.95. The minimum atomic E-state index is -0.899. The summed E-state index contributed by atoms with van der Waals surface area (Å²) in [4.78, 5) is 24.5. The molecule has 0 radical (unpaired) electrons. The second kappa shape index (κ2) is 6.45. The van der Waals surface area contributed by atoms with Crippen LogP contribution in [-0.4, -0.2) is 18.5 Å². The molecule has 110 valence electrons. The van der Waals surface area contributed by atoms with Gasteiger partial charge < -0.3 is 10.1 Å². The lowest BCUT2D eigenvalue weighted by Gasteiger charge is -2.06. The maximum atomic E-state index is 13.3. The molecule has 4 nitrogen and oxygen atoms in total. The van der Waals surface area contributed by atoms with Gasteiger partial charge in [-0.1, -0.05) is 0 Å². The summed E-state index contributed by atoms with van der Waals surface area (Å²) in [6.07, 6.45) is 0. The number of rotatable bonds is 4. The Bertz CT molecular complexity index is 685. The second-order valence-corrected chi connectivity index (χ2v) is 5.45. The summed E-state index contributed by atoms with van der Waals surface area (Å²) in [7, 11) is 0. The van der Waals surface area contributed by atoms with Crippen molar-refractivity contribution in [2.24, 2.45) is 0 Å². The van der Waals surface area contributed by atoms with Gasteiger partial charge in [0, 0.05) is 10.9 Å². The summed E-state index contributed by atoms with van der Waals surface area (Å²) in [5, 5.41) is 2.20. The summed E-state index contributed by atoms with van der Waals surface area (Å²) < 4.78 is 30.8. The van der Waals surface area contributed by atoms with Crippen LogP contribution >= 0.6 is 11.3 Å². The second-order valence-electron chi connectivity index (χ2n) is 4.16. The Morgan fingerprint density at radius 1 is 1.24 bits per heavy atom. The van der Waals surface area contributed by atoms with Crippen molar-refractivity contribution in [3.8, 4) is 0 Å². The summed E-state index contributed by atoms with van der Waals surface area (Å²) >= 11 is 1.25. The van der Waals surface area contributed by atoms with Crippen molar-refractivity contribution in [2.75, 3.05) is 11.9 Å². The zero-order valence-electron chi connectivity index (χ0n) is 11.0. The molecule has 2 aromatic rings. The number of nitrogens with one attached hydrogen (secondary N) is 1. The van der Waals surface area contributed by atoms with Crippen molar-refractivity contribution in [3.05, 3.63) is 51.7 Å². The van der Waals surface area contributed by atoms with Crippen LogP contribution in [0.2, 0.25) is 0 Å². The number of carbonyl (C=O) groups excluding carboxylic acids is 2.